The zero-order valence-electron chi connectivity index (χ0n) is 20.2. The van der Waals surface area contributed by atoms with Crippen LogP contribution < -0.4 is 9.47 Å². The van der Waals surface area contributed by atoms with Crippen LogP contribution in [-0.4, -0.2) is 48.6 Å². The number of carbonyl (C=O) groups excluding carboxylic acids is 1. The summed E-state index contributed by atoms with van der Waals surface area (Å²) in [6.45, 7) is 2.51. The molecule has 3 rings (SSSR count). The number of hydrogen-bond acceptors (Lipinski definition) is 5. The molecule has 2 atom stereocenters. The zero-order valence-corrected chi connectivity index (χ0v) is 20.2. The summed E-state index contributed by atoms with van der Waals surface area (Å²) in [5.74, 6) is 0.888. The molecule has 2 unspecified atom stereocenters. The van der Waals surface area contributed by atoms with E-state index in [1.165, 1.54) is 19.1 Å². The zero-order chi connectivity index (χ0) is 26.1. The molecule has 0 heterocycles. The van der Waals surface area contributed by atoms with Gasteiger partial charge in [-0.2, -0.15) is 13.2 Å². The largest absolute Gasteiger partial charge is 0.491 e. The molecule has 8 heteroatoms. The highest BCUT2D eigenvalue weighted by atomic mass is 19.4. The first-order chi connectivity index (χ1) is 17.1. The molecule has 0 aliphatic heterocycles. The van der Waals surface area contributed by atoms with Gasteiger partial charge in [-0.1, -0.05) is 30.3 Å². The molecule has 3 aromatic carbocycles. The fourth-order valence-corrected chi connectivity index (χ4v) is 3.67. The third-order valence-electron chi connectivity index (χ3n) is 5.63. The molecule has 0 spiro atoms. The number of rotatable bonds is 12. The van der Waals surface area contributed by atoms with E-state index in [-0.39, 0.29) is 18.5 Å². The van der Waals surface area contributed by atoms with Crippen molar-refractivity contribution in [1.29, 1.82) is 0 Å². The second kappa shape index (κ2) is 12.6. The van der Waals surface area contributed by atoms with Crippen LogP contribution >= 0.6 is 0 Å². The minimum Gasteiger partial charge on any atom is -0.491 e. The number of likely N-dealkylation sites (N-methyl/N-ethyl adjacent to an activating group) is 1. The molecule has 0 saturated heterocycles. The molecule has 0 radical (unpaired) electrons. The molecule has 0 bridgehead atoms. The van der Waals surface area contributed by atoms with E-state index >= 15 is 0 Å². The lowest BCUT2D eigenvalue weighted by Gasteiger charge is -2.25. The number of Topliss-reactive ketones (excluding diaryl/α,β-unsaturated/α-hetero) is 1. The predicted octanol–water partition coefficient (Wildman–Crippen LogP) is 5.79. The lowest BCUT2D eigenvalue weighted by Crippen LogP contribution is -2.34. The van der Waals surface area contributed by atoms with E-state index in [4.69, 9.17) is 9.47 Å². The number of halogens is 3. The van der Waals surface area contributed by atoms with Gasteiger partial charge in [0.1, 0.15) is 30.3 Å². The van der Waals surface area contributed by atoms with Gasteiger partial charge in [-0.05, 0) is 68.1 Å². The molecular weight excluding hydrogens is 471 g/mol. The lowest BCUT2D eigenvalue weighted by molar-refractivity contribution is -0.137. The van der Waals surface area contributed by atoms with Crippen molar-refractivity contribution in [3.63, 3.8) is 0 Å². The van der Waals surface area contributed by atoms with Crippen LogP contribution in [0.2, 0.25) is 0 Å². The molecule has 0 fully saturated rings. The summed E-state index contributed by atoms with van der Waals surface area (Å²) in [6, 6.07) is 20.9. The van der Waals surface area contributed by atoms with E-state index < -0.39 is 17.8 Å². The van der Waals surface area contributed by atoms with E-state index in [0.29, 0.717) is 36.6 Å². The molecular formula is C28H30F3NO4. The van der Waals surface area contributed by atoms with Gasteiger partial charge in [0, 0.05) is 25.1 Å². The quantitative estimate of drug-likeness (QED) is 0.319. The molecule has 1 N–H and O–H groups in total. The Kier molecular flexibility index (Phi) is 9.50. The first-order valence-electron chi connectivity index (χ1n) is 11.6. The summed E-state index contributed by atoms with van der Waals surface area (Å²) in [4.78, 5) is 13.3. The van der Waals surface area contributed by atoms with Gasteiger partial charge in [-0.25, -0.2) is 0 Å². The van der Waals surface area contributed by atoms with Crippen molar-refractivity contribution in [1.82, 2.24) is 4.90 Å². The Morgan fingerprint density at radius 1 is 0.944 bits per heavy atom. The molecule has 0 aliphatic rings. The number of benzene rings is 3. The summed E-state index contributed by atoms with van der Waals surface area (Å²) in [5.41, 5.74) is 0.773. The topological polar surface area (TPSA) is 59.0 Å². The highest BCUT2D eigenvalue weighted by Gasteiger charge is 2.30. The molecule has 36 heavy (non-hydrogen) atoms. The number of ether oxygens (including phenoxy) is 2. The number of alkyl halides is 3. The summed E-state index contributed by atoms with van der Waals surface area (Å²) in [7, 11) is 1.87. The maximum Gasteiger partial charge on any atom is 0.416 e. The van der Waals surface area contributed by atoms with Gasteiger partial charge in [-0.15, -0.1) is 0 Å². The monoisotopic (exact) mass is 501 g/mol. The molecule has 0 aliphatic carbocycles. The second-order valence-corrected chi connectivity index (χ2v) is 8.64. The smallest absolute Gasteiger partial charge is 0.416 e. The minimum absolute atomic E-state index is 0.0284. The normalized spacial score (nSPS) is 13.3. The van der Waals surface area contributed by atoms with Crippen LogP contribution in [0.15, 0.2) is 78.9 Å². The maximum atomic E-state index is 12.9. The predicted molar refractivity (Wildman–Crippen MR) is 131 cm³/mol. The van der Waals surface area contributed by atoms with E-state index in [2.05, 4.69) is 0 Å². The van der Waals surface area contributed by atoms with E-state index in [1.54, 1.807) is 24.3 Å². The molecule has 0 aromatic heterocycles. The Balaban J connectivity index is 1.53. The number of aliphatic hydroxyl groups is 1. The van der Waals surface area contributed by atoms with Gasteiger partial charge in [0.25, 0.3) is 0 Å². The van der Waals surface area contributed by atoms with Gasteiger partial charge < -0.3 is 19.5 Å². The van der Waals surface area contributed by atoms with Crippen molar-refractivity contribution in [2.24, 2.45) is 0 Å². The standard InChI is InChI=1S/C28H30F3NO4/c1-20(33)21-8-12-25(13-9-21)35-19-24(34)18-32(2)17-16-27(22-6-4-3-5-7-22)36-26-14-10-23(11-15-26)28(29,30)31/h3-15,24,27,34H,16-19H2,1-2H3. The van der Waals surface area contributed by atoms with Crippen molar-refractivity contribution >= 4 is 5.78 Å². The maximum absolute atomic E-state index is 12.9. The molecule has 192 valence electrons. The second-order valence-electron chi connectivity index (χ2n) is 8.64. The fourth-order valence-electron chi connectivity index (χ4n) is 3.67. The van der Waals surface area contributed by atoms with Gasteiger partial charge >= 0.3 is 6.18 Å². The first kappa shape index (κ1) is 27.2. The van der Waals surface area contributed by atoms with Crippen molar-refractivity contribution in [2.75, 3.05) is 26.7 Å². The summed E-state index contributed by atoms with van der Waals surface area (Å²) < 4.78 is 50.3. The van der Waals surface area contributed by atoms with Gasteiger partial charge in [0.15, 0.2) is 5.78 Å². The van der Waals surface area contributed by atoms with Crippen LogP contribution in [0.3, 0.4) is 0 Å². The Hall–Kier alpha value is -3.36. The average molecular weight is 502 g/mol. The fraction of sp³-hybridized carbons (Fsp3) is 0.321. The third-order valence-corrected chi connectivity index (χ3v) is 5.63. The summed E-state index contributed by atoms with van der Waals surface area (Å²) in [6.07, 6.45) is -4.96. The van der Waals surface area contributed by atoms with Crippen LogP contribution in [-0.2, 0) is 6.18 Å². The summed E-state index contributed by atoms with van der Waals surface area (Å²) >= 11 is 0. The van der Waals surface area contributed by atoms with Crippen molar-refractivity contribution in [2.45, 2.75) is 31.7 Å². The number of ketones is 1. The average Bonchev–Trinajstić information content (AvgIpc) is 2.86. The number of aliphatic hydroxyl groups excluding tert-OH is 1. The Morgan fingerprint density at radius 2 is 1.56 bits per heavy atom. The van der Waals surface area contributed by atoms with Crippen LogP contribution in [0.25, 0.3) is 0 Å². The number of carbonyl (C=O) groups is 1. The highest BCUT2D eigenvalue weighted by molar-refractivity contribution is 5.94. The van der Waals surface area contributed by atoms with Crippen molar-refractivity contribution < 1.29 is 32.5 Å². The van der Waals surface area contributed by atoms with Crippen molar-refractivity contribution in [3.05, 3.63) is 95.6 Å². The molecule has 0 amide bonds. The van der Waals surface area contributed by atoms with E-state index in [9.17, 15) is 23.1 Å². The molecule has 3 aromatic rings. The SMILES string of the molecule is CC(=O)c1ccc(OCC(O)CN(C)CCC(Oc2ccc(C(F)(F)F)cc2)c2ccccc2)cc1. The first-order valence-corrected chi connectivity index (χ1v) is 11.6. The number of hydrogen-bond donors (Lipinski definition) is 1. The van der Waals surface area contributed by atoms with Crippen LogP contribution in [0.4, 0.5) is 13.2 Å². The minimum atomic E-state index is -4.40. The molecule has 0 saturated carbocycles. The highest BCUT2D eigenvalue weighted by Crippen LogP contribution is 2.32. The van der Waals surface area contributed by atoms with Gasteiger partial charge in [-0.3, -0.25) is 4.79 Å². The number of nitrogens with zero attached hydrogens (tertiary/aromatic N) is 1. The van der Waals surface area contributed by atoms with Crippen LogP contribution in [0.5, 0.6) is 11.5 Å². The third kappa shape index (κ3) is 8.39. The molecule has 5 nitrogen and oxygen atoms in total. The Labute approximate surface area is 209 Å². The van der Waals surface area contributed by atoms with E-state index in [1.807, 2.05) is 42.3 Å². The van der Waals surface area contributed by atoms with Crippen LogP contribution in [0, 0.1) is 0 Å². The van der Waals surface area contributed by atoms with Crippen LogP contribution in [0.1, 0.15) is 40.9 Å². The summed E-state index contributed by atoms with van der Waals surface area (Å²) in [5, 5.41) is 10.4. The van der Waals surface area contributed by atoms with Crippen molar-refractivity contribution in [3.8, 4) is 11.5 Å². The van der Waals surface area contributed by atoms with Gasteiger partial charge in [0.2, 0.25) is 0 Å². The van der Waals surface area contributed by atoms with Gasteiger partial charge in [0.05, 0.1) is 5.56 Å². The lowest BCUT2D eigenvalue weighted by atomic mass is 10.1. The van der Waals surface area contributed by atoms with E-state index in [0.717, 1.165) is 17.7 Å². The Bertz CT molecular complexity index is 1090. The Morgan fingerprint density at radius 3 is 2.14 bits per heavy atom.